The van der Waals surface area contributed by atoms with Gasteiger partial charge in [0.05, 0.1) is 19.4 Å². The van der Waals surface area contributed by atoms with Gasteiger partial charge in [-0.2, -0.15) is 0 Å². The van der Waals surface area contributed by atoms with Crippen LogP contribution in [-0.2, 0) is 20.9 Å². The number of esters is 1. The summed E-state index contributed by atoms with van der Waals surface area (Å²) in [5, 5.41) is 12.2. The zero-order valence-electron chi connectivity index (χ0n) is 15.1. The molecule has 0 amide bonds. The standard InChI is InChI=1S/C21H20O6/c1-25-12-14-10-18(22)20(24)21(27-14)17(11-19(23)26-2)16-9-5-7-13-6-3-4-8-15(13)16/h3-10,17,24H,11-12H2,1-2H3. The summed E-state index contributed by atoms with van der Waals surface area (Å²) in [6.07, 6.45) is -0.0859. The second kappa shape index (κ2) is 8.05. The molecule has 0 saturated carbocycles. The van der Waals surface area contributed by atoms with Crippen LogP contribution in [0.15, 0.2) is 57.7 Å². The zero-order chi connectivity index (χ0) is 19.4. The van der Waals surface area contributed by atoms with E-state index in [1.165, 1.54) is 20.3 Å². The molecule has 3 aromatic rings. The number of hydrogen-bond acceptors (Lipinski definition) is 6. The number of carbonyl (C=O) groups excluding carboxylic acids is 1. The summed E-state index contributed by atoms with van der Waals surface area (Å²) >= 11 is 0. The van der Waals surface area contributed by atoms with Crippen LogP contribution in [-0.4, -0.2) is 25.3 Å². The summed E-state index contributed by atoms with van der Waals surface area (Å²) in [6.45, 7) is 0.0724. The average molecular weight is 368 g/mol. The van der Waals surface area contributed by atoms with Crippen LogP contribution in [0, 0.1) is 0 Å². The van der Waals surface area contributed by atoms with Crippen LogP contribution in [0.5, 0.6) is 5.75 Å². The maximum atomic E-state index is 12.2. The van der Waals surface area contributed by atoms with Crippen molar-refractivity contribution in [3.05, 3.63) is 75.8 Å². The number of ether oxygens (including phenoxy) is 2. The van der Waals surface area contributed by atoms with E-state index in [2.05, 4.69) is 0 Å². The Morgan fingerprint density at radius 2 is 1.89 bits per heavy atom. The Kier molecular flexibility index (Phi) is 5.57. The second-order valence-corrected chi connectivity index (χ2v) is 6.12. The number of hydrogen-bond donors (Lipinski definition) is 1. The van der Waals surface area contributed by atoms with Crippen LogP contribution in [0.2, 0.25) is 0 Å². The predicted octanol–water partition coefficient (Wildman–Crippen LogP) is 3.34. The Morgan fingerprint density at radius 3 is 2.63 bits per heavy atom. The smallest absolute Gasteiger partial charge is 0.306 e. The van der Waals surface area contributed by atoms with Crippen LogP contribution < -0.4 is 5.43 Å². The van der Waals surface area contributed by atoms with Gasteiger partial charge in [0.25, 0.3) is 0 Å². The van der Waals surface area contributed by atoms with Crippen molar-refractivity contribution in [2.45, 2.75) is 18.9 Å². The molecule has 6 heteroatoms. The SMILES string of the molecule is COCc1cc(=O)c(O)c(C(CC(=O)OC)c2cccc3ccccc23)o1. The van der Waals surface area contributed by atoms with E-state index < -0.39 is 23.1 Å². The van der Waals surface area contributed by atoms with Gasteiger partial charge in [-0.3, -0.25) is 9.59 Å². The first-order valence-corrected chi connectivity index (χ1v) is 8.44. The number of methoxy groups -OCH3 is 2. The maximum absolute atomic E-state index is 12.2. The molecule has 27 heavy (non-hydrogen) atoms. The number of benzene rings is 2. The molecule has 0 radical (unpaired) electrons. The molecule has 0 fully saturated rings. The first-order valence-electron chi connectivity index (χ1n) is 8.44. The molecule has 1 heterocycles. The highest BCUT2D eigenvalue weighted by atomic mass is 16.5. The molecule has 0 bridgehead atoms. The largest absolute Gasteiger partial charge is 0.502 e. The monoisotopic (exact) mass is 368 g/mol. The molecule has 0 saturated heterocycles. The van der Waals surface area contributed by atoms with Gasteiger partial charge >= 0.3 is 5.97 Å². The fraction of sp³-hybridized carbons (Fsp3) is 0.238. The van der Waals surface area contributed by atoms with E-state index in [1.807, 2.05) is 42.5 Å². The summed E-state index contributed by atoms with van der Waals surface area (Å²) in [4.78, 5) is 24.3. The van der Waals surface area contributed by atoms with Gasteiger partial charge in [0.15, 0.2) is 5.76 Å². The third-order valence-electron chi connectivity index (χ3n) is 4.40. The second-order valence-electron chi connectivity index (χ2n) is 6.12. The molecule has 0 aliphatic carbocycles. The zero-order valence-corrected chi connectivity index (χ0v) is 15.1. The predicted molar refractivity (Wildman–Crippen MR) is 99.8 cm³/mol. The minimum absolute atomic E-state index is 0.0244. The highest BCUT2D eigenvalue weighted by Crippen LogP contribution is 2.37. The lowest BCUT2D eigenvalue weighted by Crippen LogP contribution is -2.14. The van der Waals surface area contributed by atoms with Gasteiger partial charge in [-0.1, -0.05) is 42.5 Å². The molecule has 1 aromatic heterocycles. The van der Waals surface area contributed by atoms with Crippen molar-refractivity contribution in [2.75, 3.05) is 14.2 Å². The van der Waals surface area contributed by atoms with Gasteiger partial charge in [0.1, 0.15) is 12.4 Å². The van der Waals surface area contributed by atoms with Crippen molar-refractivity contribution in [3.63, 3.8) is 0 Å². The first-order chi connectivity index (χ1) is 13.0. The molecule has 0 spiro atoms. The van der Waals surface area contributed by atoms with Crippen molar-refractivity contribution < 1.29 is 23.8 Å². The first kappa shape index (κ1) is 18.7. The van der Waals surface area contributed by atoms with Crippen LogP contribution in [0.4, 0.5) is 0 Å². The van der Waals surface area contributed by atoms with Gasteiger partial charge in [-0.15, -0.1) is 0 Å². The van der Waals surface area contributed by atoms with E-state index >= 15 is 0 Å². The molecule has 0 aliphatic heterocycles. The summed E-state index contributed by atoms with van der Waals surface area (Å²) in [6, 6.07) is 14.5. The Hall–Kier alpha value is -3.12. The Bertz CT molecular complexity index is 1020. The van der Waals surface area contributed by atoms with Crippen LogP contribution in [0.25, 0.3) is 10.8 Å². The Balaban J connectivity index is 2.23. The third-order valence-corrected chi connectivity index (χ3v) is 4.40. The lowest BCUT2D eigenvalue weighted by atomic mass is 9.88. The fourth-order valence-electron chi connectivity index (χ4n) is 3.15. The number of carbonyl (C=O) groups is 1. The number of rotatable bonds is 6. The maximum Gasteiger partial charge on any atom is 0.306 e. The van der Waals surface area contributed by atoms with Gasteiger partial charge in [0.2, 0.25) is 11.2 Å². The summed E-state index contributed by atoms with van der Waals surface area (Å²) in [5.74, 6) is -1.39. The van der Waals surface area contributed by atoms with Crippen molar-refractivity contribution >= 4 is 16.7 Å². The van der Waals surface area contributed by atoms with Crippen molar-refractivity contribution in [3.8, 4) is 5.75 Å². The molecule has 6 nitrogen and oxygen atoms in total. The minimum atomic E-state index is -0.687. The van der Waals surface area contributed by atoms with Gasteiger partial charge < -0.3 is 19.0 Å². The Morgan fingerprint density at radius 1 is 1.15 bits per heavy atom. The third kappa shape index (κ3) is 3.85. The van der Waals surface area contributed by atoms with Crippen molar-refractivity contribution in [1.29, 1.82) is 0 Å². The average Bonchev–Trinajstić information content (AvgIpc) is 2.68. The summed E-state index contributed by atoms with van der Waals surface area (Å²) in [7, 11) is 2.77. The van der Waals surface area contributed by atoms with E-state index in [0.29, 0.717) is 0 Å². The molecule has 1 unspecified atom stereocenters. The van der Waals surface area contributed by atoms with Crippen LogP contribution in [0.1, 0.15) is 29.4 Å². The Labute approximate surface area is 156 Å². The van der Waals surface area contributed by atoms with Gasteiger partial charge in [-0.05, 0) is 16.3 Å². The van der Waals surface area contributed by atoms with Crippen molar-refractivity contribution in [2.24, 2.45) is 0 Å². The molecular weight excluding hydrogens is 348 g/mol. The van der Waals surface area contributed by atoms with E-state index in [-0.39, 0.29) is 24.5 Å². The normalized spacial score (nSPS) is 12.1. The molecular formula is C21H20O6. The summed E-state index contributed by atoms with van der Waals surface area (Å²) < 4.78 is 15.6. The minimum Gasteiger partial charge on any atom is -0.502 e. The van der Waals surface area contributed by atoms with E-state index in [1.54, 1.807) is 0 Å². The van der Waals surface area contributed by atoms with Gasteiger partial charge in [-0.25, -0.2) is 0 Å². The molecule has 1 atom stereocenters. The topological polar surface area (TPSA) is 86.0 Å². The van der Waals surface area contributed by atoms with Gasteiger partial charge in [0, 0.05) is 13.2 Å². The molecule has 2 aromatic carbocycles. The molecule has 3 rings (SSSR count). The molecule has 140 valence electrons. The highest BCUT2D eigenvalue weighted by molar-refractivity contribution is 5.87. The van der Waals surface area contributed by atoms with E-state index in [4.69, 9.17) is 13.9 Å². The number of aromatic hydroxyl groups is 1. The lowest BCUT2D eigenvalue weighted by molar-refractivity contribution is -0.140. The van der Waals surface area contributed by atoms with Crippen LogP contribution in [0.3, 0.4) is 0 Å². The van der Waals surface area contributed by atoms with Crippen LogP contribution >= 0.6 is 0 Å². The quantitative estimate of drug-likeness (QED) is 0.672. The van der Waals surface area contributed by atoms with Crippen molar-refractivity contribution in [1.82, 2.24) is 0 Å². The number of fused-ring (bicyclic) bond motifs is 1. The summed E-state index contributed by atoms with van der Waals surface area (Å²) in [5.41, 5.74) is 0.171. The molecule has 0 aliphatic rings. The lowest BCUT2D eigenvalue weighted by Gasteiger charge is -2.19. The fourth-order valence-corrected chi connectivity index (χ4v) is 3.15. The van der Waals surface area contributed by atoms with E-state index in [0.717, 1.165) is 16.3 Å². The van der Waals surface area contributed by atoms with E-state index in [9.17, 15) is 14.7 Å². The molecule has 1 N–H and O–H groups in total. The highest BCUT2D eigenvalue weighted by Gasteiger charge is 2.27.